The maximum absolute atomic E-state index is 12.0. The Labute approximate surface area is 134 Å². The van der Waals surface area contributed by atoms with Gasteiger partial charge in [0.2, 0.25) is 5.91 Å². The van der Waals surface area contributed by atoms with Crippen LogP contribution in [-0.4, -0.2) is 25.2 Å². The fourth-order valence-electron chi connectivity index (χ4n) is 2.37. The van der Waals surface area contributed by atoms with Gasteiger partial charge in [0.05, 0.1) is 18.2 Å². The van der Waals surface area contributed by atoms with E-state index in [1.165, 1.54) is 0 Å². The molecule has 0 aliphatic rings. The smallest absolute Gasteiger partial charge is 0.246 e. The fourth-order valence-corrected chi connectivity index (χ4v) is 2.37. The molecule has 3 aromatic rings. The predicted molar refractivity (Wildman–Crippen MR) is 88.6 cm³/mol. The van der Waals surface area contributed by atoms with Crippen LogP contribution in [0.25, 0.3) is 5.69 Å². The molecular formula is C17H19N5O. The van der Waals surface area contributed by atoms with Crippen molar-refractivity contribution < 1.29 is 4.79 Å². The summed E-state index contributed by atoms with van der Waals surface area (Å²) in [5, 5.41) is 6.98. The minimum Gasteiger partial charge on any atom is -0.324 e. The first-order valence-corrected chi connectivity index (χ1v) is 7.43. The Kier molecular flexibility index (Phi) is 3.97. The molecule has 0 aliphatic heterocycles. The molecule has 2 heterocycles. The van der Waals surface area contributed by atoms with Crippen LogP contribution in [0.2, 0.25) is 0 Å². The van der Waals surface area contributed by atoms with Crippen LogP contribution >= 0.6 is 0 Å². The molecule has 0 aliphatic carbocycles. The van der Waals surface area contributed by atoms with Crippen LogP contribution in [0.3, 0.4) is 0 Å². The Morgan fingerprint density at radius 2 is 1.91 bits per heavy atom. The minimum atomic E-state index is -0.101. The molecular weight excluding hydrogens is 290 g/mol. The van der Waals surface area contributed by atoms with Crippen molar-refractivity contribution in [3.05, 3.63) is 59.9 Å². The summed E-state index contributed by atoms with van der Waals surface area (Å²) in [6, 6.07) is 7.69. The first kappa shape index (κ1) is 15.0. The number of aryl methyl sites for hydroxylation is 2. The molecule has 6 heteroatoms. The van der Waals surface area contributed by atoms with Gasteiger partial charge in [0.25, 0.3) is 0 Å². The van der Waals surface area contributed by atoms with E-state index in [1.54, 1.807) is 17.2 Å². The number of rotatable bonds is 4. The second kappa shape index (κ2) is 6.08. The summed E-state index contributed by atoms with van der Waals surface area (Å²) in [7, 11) is 0. The third-order valence-corrected chi connectivity index (χ3v) is 3.75. The molecule has 0 fully saturated rings. The third-order valence-electron chi connectivity index (χ3n) is 3.75. The number of carbonyl (C=O) groups excluding carboxylic acids is 1. The van der Waals surface area contributed by atoms with Crippen LogP contribution in [0.5, 0.6) is 0 Å². The Morgan fingerprint density at radius 1 is 1.17 bits per heavy atom. The van der Waals surface area contributed by atoms with E-state index in [-0.39, 0.29) is 12.5 Å². The van der Waals surface area contributed by atoms with E-state index in [2.05, 4.69) is 15.4 Å². The molecule has 0 bridgehead atoms. The van der Waals surface area contributed by atoms with Crippen LogP contribution in [0.4, 0.5) is 5.69 Å². The zero-order valence-corrected chi connectivity index (χ0v) is 13.4. The normalized spacial score (nSPS) is 10.7. The molecule has 0 atom stereocenters. The monoisotopic (exact) mass is 309 g/mol. The number of amides is 1. The highest BCUT2D eigenvalue weighted by atomic mass is 16.2. The Hall–Kier alpha value is -2.89. The molecule has 23 heavy (non-hydrogen) atoms. The Bertz CT molecular complexity index is 829. The molecule has 1 amide bonds. The van der Waals surface area contributed by atoms with Crippen LogP contribution in [-0.2, 0) is 11.3 Å². The van der Waals surface area contributed by atoms with Gasteiger partial charge >= 0.3 is 0 Å². The van der Waals surface area contributed by atoms with Crippen LogP contribution in [0, 0.1) is 20.8 Å². The zero-order chi connectivity index (χ0) is 16.4. The second-order valence-electron chi connectivity index (χ2n) is 5.60. The van der Waals surface area contributed by atoms with E-state index in [4.69, 9.17) is 0 Å². The van der Waals surface area contributed by atoms with Gasteiger partial charge in [-0.05, 0) is 50.6 Å². The van der Waals surface area contributed by atoms with Crippen molar-refractivity contribution >= 4 is 11.6 Å². The van der Waals surface area contributed by atoms with Gasteiger partial charge in [-0.25, -0.2) is 4.98 Å². The lowest BCUT2D eigenvalue weighted by Crippen LogP contribution is -2.18. The predicted octanol–water partition coefficient (Wildman–Crippen LogP) is 2.63. The van der Waals surface area contributed by atoms with E-state index < -0.39 is 0 Å². The molecule has 1 aromatic carbocycles. The topological polar surface area (TPSA) is 64.7 Å². The number of aromatic nitrogens is 4. The molecule has 6 nitrogen and oxygen atoms in total. The van der Waals surface area contributed by atoms with Gasteiger partial charge in [0.1, 0.15) is 6.54 Å². The number of nitrogens with zero attached hydrogens (tertiary/aromatic N) is 4. The highest BCUT2D eigenvalue weighted by Crippen LogP contribution is 2.16. The van der Waals surface area contributed by atoms with Gasteiger partial charge in [0.15, 0.2) is 0 Å². The molecule has 3 rings (SSSR count). The molecule has 0 unspecified atom stereocenters. The van der Waals surface area contributed by atoms with Crippen molar-refractivity contribution in [2.75, 3.05) is 5.32 Å². The van der Waals surface area contributed by atoms with E-state index >= 15 is 0 Å². The molecule has 0 spiro atoms. The van der Waals surface area contributed by atoms with Crippen molar-refractivity contribution in [3.8, 4) is 5.69 Å². The summed E-state index contributed by atoms with van der Waals surface area (Å²) >= 11 is 0. The molecule has 1 N–H and O–H groups in total. The molecule has 0 radical (unpaired) electrons. The van der Waals surface area contributed by atoms with Crippen molar-refractivity contribution in [3.63, 3.8) is 0 Å². The molecule has 0 saturated carbocycles. The quantitative estimate of drug-likeness (QED) is 0.805. The lowest BCUT2D eigenvalue weighted by molar-refractivity contribution is -0.116. The summed E-state index contributed by atoms with van der Waals surface area (Å²) in [4.78, 5) is 16.3. The van der Waals surface area contributed by atoms with Crippen LogP contribution < -0.4 is 5.32 Å². The average molecular weight is 309 g/mol. The first-order chi connectivity index (χ1) is 11.0. The summed E-state index contributed by atoms with van der Waals surface area (Å²) in [6.45, 7) is 6.16. The van der Waals surface area contributed by atoms with Gasteiger partial charge in [-0.3, -0.25) is 9.48 Å². The van der Waals surface area contributed by atoms with Gasteiger partial charge < -0.3 is 9.88 Å². The van der Waals surface area contributed by atoms with Crippen LogP contribution in [0.1, 0.15) is 17.0 Å². The van der Waals surface area contributed by atoms with Gasteiger partial charge in [-0.1, -0.05) is 0 Å². The first-order valence-electron chi connectivity index (χ1n) is 7.43. The standard InChI is InChI=1S/C17H19N5O/c1-12-8-19-21(9-12)10-17(23)20-15-4-6-16(7-5-15)22-11-18-13(2)14(22)3/h4-9,11H,10H2,1-3H3,(H,20,23). The highest BCUT2D eigenvalue weighted by Gasteiger charge is 2.07. The zero-order valence-electron chi connectivity index (χ0n) is 13.4. The minimum absolute atomic E-state index is 0.101. The van der Waals surface area contributed by atoms with Gasteiger partial charge in [-0.2, -0.15) is 5.10 Å². The maximum Gasteiger partial charge on any atom is 0.246 e. The summed E-state index contributed by atoms with van der Waals surface area (Å²) < 4.78 is 3.64. The van der Waals surface area contributed by atoms with E-state index in [1.807, 2.05) is 55.8 Å². The SMILES string of the molecule is Cc1cnn(CC(=O)Nc2ccc(-n3cnc(C)c3C)cc2)c1. The van der Waals surface area contributed by atoms with E-state index in [0.717, 1.165) is 28.3 Å². The number of nitrogens with one attached hydrogen (secondary N) is 1. The number of hydrogen-bond acceptors (Lipinski definition) is 3. The average Bonchev–Trinajstić information content (AvgIpc) is 3.07. The Balaban J connectivity index is 1.67. The summed E-state index contributed by atoms with van der Waals surface area (Å²) in [5.41, 5.74) is 4.93. The van der Waals surface area contributed by atoms with Crippen molar-refractivity contribution in [1.82, 2.24) is 19.3 Å². The van der Waals surface area contributed by atoms with Crippen molar-refractivity contribution in [2.45, 2.75) is 27.3 Å². The number of carbonyl (C=O) groups is 1. The third kappa shape index (κ3) is 3.31. The van der Waals surface area contributed by atoms with Crippen LogP contribution in [0.15, 0.2) is 43.0 Å². The highest BCUT2D eigenvalue weighted by molar-refractivity contribution is 5.90. The summed E-state index contributed by atoms with van der Waals surface area (Å²) in [5.74, 6) is -0.101. The number of anilines is 1. The van der Waals surface area contributed by atoms with E-state index in [9.17, 15) is 4.79 Å². The molecule has 0 saturated heterocycles. The number of benzene rings is 1. The van der Waals surface area contributed by atoms with Crippen molar-refractivity contribution in [2.24, 2.45) is 0 Å². The fraction of sp³-hybridized carbons (Fsp3) is 0.235. The Morgan fingerprint density at radius 3 is 2.48 bits per heavy atom. The van der Waals surface area contributed by atoms with Crippen molar-refractivity contribution in [1.29, 1.82) is 0 Å². The maximum atomic E-state index is 12.0. The lowest BCUT2D eigenvalue weighted by atomic mass is 10.2. The molecule has 2 aromatic heterocycles. The number of imidazole rings is 1. The summed E-state index contributed by atoms with van der Waals surface area (Å²) in [6.07, 6.45) is 5.38. The van der Waals surface area contributed by atoms with E-state index in [0.29, 0.717) is 0 Å². The molecule has 118 valence electrons. The number of hydrogen-bond donors (Lipinski definition) is 1. The van der Waals surface area contributed by atoms with Gasteiger partial charge in [0, 0.05) is 23.3 Å². The van der Waals surface area contributed by atoms with Gasteiger partial charge in [-0.15, -0.1) is 0 Å². The second-order valence-corrected chi connectivity index (χ2v) is 5.60. The largest absolute Gasteiger partial charge is 0.324 e. The lowest BCUT2D eigenvalue weighted by Gasteiger charge is -2.08.